The van der Waals surface area contributed by atoms with Crippen LogP contribution in [0.4, 0.5) is 0 Å². The third-order valence-electron chi connectivity index (χ3n) is 2.16. The summed E-state index contributed by atoms with van der Waals surface area (Å²) in [5, 5.41) is 8.81. The maximum absolute atomic E-state index is 8.81. The van der Waals surface area contributed by atoms with Crippen molar-refractivity contribution < 1.29 is 4.74 Å². The highest BCUT2D eigenvalue weighted by Gasteiger charge is 2.10. The number of nitriles is 1. The predicted octanol–water partition coefficient (Wildman–Crippen LogP) is 3.08. The highest BCUT2D eigenvalue weighted by Crippen LogP contribution is 2.19. The van der Waals surface area contributed by atoms with Crippen molar-refractivity contribution in [1.82, 2.24) is 4.98 Å². The van der Waals surface area contributed by atoms with Gasteiger partial charge in [0.25, 0.3) is 0 Å². The van der Waals surface area contributed by atoms with Gasteiger partial charge in [-0.05, 0) is 24.8 Å². The van der Waals surface area contributed by atoms with Crippen molar-refractivity contribution in [2.75, 3.05) is 6.61 Å². The minimum Gasteiger partial charge on any atom is -0.478 e. The highest BCUT2D eigenvalue weighted by atomic mass is 16.5. The molecule has 0 aliphatic heterocycles. The second-order valence-corrected chi connectivity index (χ2v) is 5.11. The minimum absolute atomic E-state index is 0.252. The molecule has 0 saturated heterocycles. The molecule has 1 rings (SSSR count). The molecule has 3 heteroatoms. The average molecular weight is 218 g/mol. The van der Waals surface area contributed by atoms with E-state index < -0.39 is 0 Å². The lowest BCUT2D eigenvalue weighted by atomic mass is 9.93. The van der Waals surface area contributed by atoms with Crippen molar-refractivity contribution in [1.29, 1.82) is 5.26 Å². The SMILES string of the molecule is Cc1cc(C#N)cc(OCCC(C)(C)C)n1. The maximum Gasteiger partial charge on any atom is 0.214 e. The number of ether oxygens (including phenoxy) is 1. The van der Waals surface area contributed by atoms with Gasteiger partial charge in [0.05, 0.1) is 18.2 Å². The van der Waals surface area contributed by atoms with Gasteiger partial charge in [-0.1, -0.05) is 20.8 Å². The maximum atomic E-state index is 8.81. The van der Waals surface area contributed by atoms with Gasteiger partial charge in [0.15, 0.2) is 0 Å². The molecule has 1 heterocycles. The number of nitrogens with zero attached hydrogens (tertiary/aromatic N) is 2. The lowest BCUT2D eigenvalue weighted by molar-refractivity contribution is 0.236. The molecule has 0 aliphatic carbocycles. The lowest BCUT2D eigenvalue weighted by Crippen LogP contribution is -2.11. The Labute approximate surface area is 97.1 Å². The molecule has 0 aromatic carbocycles. The topological polar surface area (TPSA) is 45.9 Å². The van der Waals surface area contributed by atoms with Crippen LogP contribution in [0.3, 0.4) is 0 Å². The van der Waals surface area contributed by atoms with Crippen LogP contribution in [0.5, 0.6) is 5.88 Å². The molecule has 3 nitrogen and oxygen atoms in total. The molecule has 0 saturated carbocycles. The van der Waals surface area contributed by atoms with Crippen LogP contribution in [0.1, 0.15) is 38.4 Å². The van der Waals surface area contributed by atoms with Gasteiger partial charge in [0, 0.05) is 11.8 Å². The second-order valence-electron chi connectivity index (χ2n) is 5.11. The Kier molecular flexibility index (Phi) is 3.89. The van der Waals surface area contributed by atoms with Crippen LogP contribution in [-0.2, 0) is 0 Å². The smallest absolute Gasteiger partial charge is 0.214 e. The first kappa shape index (κ1) is 12.5. The molecule has 0 aliphatic rings. The minimum atomic E-state index is 0.252. The fourth-order valence-corrected chi connectivity index (χ4v) is 1.24. The van der Waals surface area contributed by atoms with E-state index in [-0.39, 0.29) is 5.41 Å². The standard InChI is InChI=1S/C13H18N2O/c1-10-7-11(9-14)8-12(15-10)16-6-5-13(2,3)4/h7-8H,5-6H2,1-4H3. The zero-order valence-corrected chi connectivity index (χ0v) is 10.4. The Morgan fingerprint density at radius 1 is 1.38 bits per heavy atom. The van der Waals surface area contributed by atoms with Crippen LogP contribution < -0.4 is 4.74 Å². The van der Waals surface area contributed by atoms with Crippen molar-refractivity contribution in [3.8, 4) is 11.9 Å². The van der Waals surface area contributed by atoms with Gasteiger partial charge in [-0.25, -0.2) is 4.98 Å². The van der Waals surface area contributed by atoms with Crippen LogP contribution >= 0.6 is 0 Å². The Morgan fingerprint density at radius 3 is 2.62 bits per heavy atom. The molecule has 0 spiro atoms. The quantitative estimate of drug-likeness (QED) is 0.783. The zero-order valence-electron chi connectivity index (χ0n) is 10.4. The van der Waals surface area contributed by atoms with E-state index in [0.29, 0.717) is 18.1 Å². The first-order valence-electron chi connectivity index (χ1n) is 5.42. The third-order valence-corrected chi connectivity index (χ3v) is 2.16. The molecule has 0 amide bonds. The van der Waals surface area contributed by atoms with E-state index in [1.54, 1.807) is 12.1 Å². The summed E-state index contributed by atoms with van der Waals surface area (Å²) < 4.78 is 5.54. The fourth-order valence-electron chi connectivity index (χ4n) is 1.24. The average Bonchev–Trinajstić information content (AvgIpc) is 2.14. The molecule has 86 valence electrons. The van der Waals surface area contributed by atoms with Crippen LogP contribution in [0.2, 0.25) is 0 Å². The summed E-state index contributed by atoms with van der Waals surface area (Å²) in [7, 11) is 0. The third kappa shape index (κ3) is 4.31. The summed E-state index contributed by atoms with van der Waals surface area (Å²) in [5.41, 5.74) is 1.66. The number of hydrogen-bond donors (Lipinski definition) is 0. The molecular formula is C13H18N2O. The molecule has 0 N–H and O–H groups in total. The monoisotopic (exact) mass is 218 g/mol. The molecular weight excluding hydrogens is 200 g/mol. The van der Waals surface area contributed by atoms with E-state index in [9.17, 15) is 0 Å². The Balaban J connectivity index is 2.61. The van der Waals surface area contributed by atoms with Gasteiger partial charge >= 0.3 is 0 Å². The van der Waals surface area contributed by atoms with Gasteiger partial charge in [-0.3, -0.25) is 0 Å². The summed E-state index contributed by atoms with van der Waals surface area (Å²) >= 11 is 0. The molecule has 16 heavy (non-hydrogen) atoms. The van der Waals surface area contributed by atoms with Crippen LogP contribution in [-0.4, -0.2) is 11.6 Å². The Hall–Kier alpha value is -1.56. The van der Waals surface area contributed by atoms with Crippen LogP contribution in [0, 0.1) is 23.7 Å². The molecule has 1 aromatic rings. The van der Waals surface area contributed by atoms with E-state index in [4.69, 9.17) is 10.00 Å². The number of aryl methyl sites for hydroxylation is 1. The molecule has 1 aromatic heterocycles. The molecule has 0 fully saturated rings. The van der Waals surface area contributed by atoms with Crippen molar-refractivity contribution in [3.63, 3.8) is 0 Å². The van der Waals surface area contributed by atoms with Gasteiger partial charge in [0.1, 0.15) is 0 Å². The fraction of sp³-hybridized carbons (Fsp3) is 0.538. The zero-order chi connectivity index (χ0) is 12.2. The largest absolute Gasteiger partial charge is 0.478 e. The summed E-state index contributed by atoms with van der Waals surface area (Å²) in [6.45, 7) is 8.99. The van der Waals surface area contributed by atoms with Crippen LogP contribution in [0.25, 0.3) is 0 Å². The molecule has 0 radical (unpaired) electrons. The van der Waals surface area contributed by atoms with Crippen molar-refractivity contribution >= 4 is 0 Å². The second kappa shape index (κ2) is 4.98. The van der Waals surface area contributed by atoms with Crippen molar-refractivity contribution in [2.45, 2.75) is 34.1 Å². The number of hydrogen-bond acceptors (Lipinski definition) is 3. The summed E-state index contributed by atoms with van der Waals surface area (Å²) in [4.78, 5) is 4.23. The van der Waals surface area contributed by atoms with E-state index in [0.717, 1.165) is 12.1 Å². The first-order chi connectivity index (χ1) is 7.40. The molecule has 0 atom stereocenters. The van der Waals surface area contributed by atoms with Gasteiger partial charge in [-0.2, -0.15) is 5.26 Å². The molecule has 0 bridgehead atoms. The first-order valence-corrected chi connectivity index (χ1v) is 5.42. The Bertz CT molecular complexity index is 399. The van der Waals surface area contributed by atoms with E-state index >= 15 is 0 Å². The number of aromatic nitrogens is 1. The van der Waals surface area contributed by atoms with Crippen LogP contribution in [0.15, 0.2) is 12.1 Å². The van der Waals surface area contributed by atoms with Crippen molar-refractivity contribution in [2.24, 2.45) is 5.41 Å². The lowest BCUT2D eigenvalue weighted by Gasteiger charge is -2.17. The van der Waals surface area contributed by atoms with E-state index in [1.165, 1.54) is 0 Å². The normalized spacial score (nSPS) is 10.9. The molecule has 0 unspecified atom stereocenters. The predicted molar refractivity (Wildman–Crippen MR) is 63.3 cm³/mol. The summed E-state index contributed by atoms with van der Waals surface area (Å²) in [6.07, 6.45) is 0.963. The summed E-state index contributed by atoms with van der Waals surface area (Å²) in [6, 6.07) is 5.52. The number of pyridine rings is 1. The van der Waals surface area contributed by atoms with Gasteiger partial charge < -0.3 is 4.74 Å². The van der Waals surface area contributed by atoms with E-state index in [1.807, 2.05) is 6.92 Å². The van der Waals surface area contributed by atoms with Gasteiger partial charge in [-0.15, -0.1) is 0 Å². The number of rotatable bonds is 3. The van der Waals surface area contributed by atoms with Gasteiger partial charge in [0.2, 0.25) is 5.88 Å². The Morgan fingerprint density at radius 2 is 2.06 bits per heavy atom. The van der Waals surface area contributed by atoms with Crippen molar-refractivity contribution in [3.05, 3.63) is 23.4 Å². The summed E-state index contributed by atoms with van der Waals surface area (Å²) in [5.74, 6) is 0.542. The highest BCUT2D eigenvalue weighted by molar-refractivity contribution is 5.34. The van der Waals surface area contributed by atoms with E-state index in [2.05, 4.69) is 31.8 Å².